The fourth-order valence-electron chi connectivity index (χ4n) is 3.45. The van der Waals surface area contributed by atoms with Crippen LogP contribution in [-0.4, -0.2) is 5.54 Å². The van der Waals surface area contributed by atoms with Crippen LogP contribution in [0, 0.1) is 18.8 Å². The molecule has 2 fully saturated rings. The summed E-state index contributed by atoms with van der Waals surface area (Å²) in [5.74, 6) is 1.66. The zero-order chi connectivity index (χ0) is 10.5. The first-order valence-electron chi connectivity index (χ1n) is 6.04. The lowest BCUT2D eigenvalue weighted by atomic mass is 9.97. The SMILES string of the molecule is Cc1ccc(CC2(N)C3CCCC32)cc1. The van der Waals surface area contributed by atoms with Gasteiger partial charge in [0.15, 0.2) is 0 Å². The van der Waals surface area contributed by atoms with Crippen molar-refractivity contribution in [1.82, 2.24) is 0 Å². The van der Waals surface area contributed by atoms with Gasteiger partial charge in [0.2, 0.25) is 0 Å². The quantitative estimate of drug-likeness (QED) is 0.782. The summed E-state index contributed by atoms with van der Waals surface area (Å²) >= 11 is 0. The van der Waals surface area contributed by atoms with Crippen LogP contribution in [0.25, 0.3) is 0 Å². The third-order valence-electron chi connectivity index (χ3n) is 4.42. The first-order chi connectivity index (χ1) is 7.20. The molecule has 1 aromatic rings. The molecule has 80 valence electrons. The van der Waals surface area contributed by atoms with E-state index in [4.69, 9.17) is 5.73 Å². The molecule has 0 spiro atoms. The van der Waals surface area contributed by atoms with Crippen molar-refractivity contribution in [2.45, 2.75) is 38.1 Å². The fraction of sp³-hybridized carbons (Fsp3) is 0.571. The van der Waals surface area contributed by atoms with Crippen LogP contribution < -0.4 is 5.73 Å². The Balaban J connectivity index is 1.74. The van der Waals surface area contributed by atoms with Gasteiger partial charge in [-0.2, -0.15) is 0 Å². The van der Waals surface area contributed by atoms with Crippen molar-refractivity contribution < 1.29 is 0 Å². The minimum absolute atomic E-state index is 0.160. The van der Waals surface area contributed by atoms with Crippen LogP contribution >= 0.6 is 0 Å². The summed E-state index contributed by atoms with van der Waals surface area (Å²) in [7, 11) is 0. The third-order valence-corrected chi connectivity index (χ3v) is 4.42. The van der Waals surface area contributed by atoms with Crippen molar-refractivity contribution >= 4 is 0 Å². The maximum absolute atomic E-state index is 6.47. The Labute approximate surface area is 91.7 Å². The lowest BCUT2D eigenvalue weighted by molar-refractivity contribution is 0.501. The van der Waals surface area contributed by atoms with Crippen molar-refractivity contribution in [1.29, 1.82) is 0 Å². The second-order valence-corrected chi connectivity index (χ2v) is 5.42. The highest BCUT2D eigenvalue weighted by Crippen LogP contribution is 2.60. The number of fused-ring (bicyclic) bond motifs is 1. The standard InChI is InChI=1S/C14H19N/c1-10-5-7-11(8-6-10)9-14(15)12-3-2-4-13(12)14/h5-8,12-13H,2-4,9,15H2,1H3. The Morgan fingerprint density at radius 2 is 1.80 bits per heavy atom. The minimum atomic E-state index is 0.160. The van der Waals surface area contributed by atoms with Crippen LogP contribution in [0.3, 0.4) is 0 Å². The van der Waals surface area contributed by atoms with E-state index in [9.17, 15) is 0 Å². The van der Waals surface area contributed by atoms with Gasteiger partial charge in [-0.25, -0.2) is 0 Å². The molecular formula is C14H19N. The van der Waals surface area contributed by atoms with Crippen molar-refractivity contribution in [3.63, 3.8) is 0 Å². The summed E-state index contributed by atoms with van der Waals surface area (Å²) in [5, 5.41) is 0. The van der Waals surface area contributed by atoms with Gasteiger partial charge in [-0.1, -0.05) is 36.2 Å². The Morgan fingerprint density at radius 1 is 1.20 bits per heavy atom. The second kappa shape index (κ2) is 3.08. The van der Waals surface area contributed by atoms with E-state index < -0.39 is 0 Å². The molecule has 0 bridgehead atoms. The number of rotatable bonds is 2. The van der Waals surface area contributed by atoms with Crippen molar-refractivity contribution in [3.8, 4) is 0 Å². The predicted molar refractivity (Wildman–Crippen MR) is 62.6 cm³/mol. The Morgan fingerprint density at radius 3 is 2.40 bits per heavy atom. The minimum Gasteiger partial charge on any atom is -0.324 e. The van der Waals surface area contributed by atoms with Crippen LogP contribution in [-0.2, 0) is 6.42 Å². The molecule has 2 saturated carbocycles. The maximum atomic E-state index is 6.47. The van der Waals surface area contributed by atoms with Gasteiger partial charge >= 0.3 is 0 Å². The van der Waals surface area contributed by atoms with Crippen molar-refractivity contribution in [2.75, 3.05) is 0 Å². The van der Waals surface area contributed by atoms with E-state index in [1.165, 1.54) is 30.4 Å². The molecule has 0 saturated heterocycles. The van der Waals surface area contributed by atoms with Crippen LogP contribution in [0.4, 0.5) is 0 Å². The van der Waals surface area contributed by atoms with Gasteiger partial charge < -0.3 is 5.73 Å². The molecule has 2 unspecified atom stereocenters. The molecule has 2 aliphatic rings. The van der Waals surface area contributed by atoms with E-state index in [0.29, 0.717) is 0 Å². The summed E-state index contributed by atoms with van der Waals surface area (Å²) in [6, 6.07) is 8.85. The van der Waals surface area contributed by atoms with Gasteiger partial charge in [0.05, 0.1) is 0 Å². The fourth-order valence-corrected chi connectivity index (χ4v) is 3.45. The van der Waals surface area contributed by atoms with Crippen LogP contribution in [0.5, 0.6) is 0 Å². The van der Waals surface area contributed by atoms with E-state index in [2.05, 4.69) is 31.2 Å². The lowest BCUT2D eigenvalue weighted by Crippen LogP contribution is -2.31. The van der Waals surface area contributed by atoms with E-state index in [0.717, 1.165) is 18.3 Å². The van der Waals surface area contributed by atoms with Gasteiger partial charge in [-0.15, -0.1) is 0 Å². The van der Waals surface area contributed by atoms with Gasteiger partial charge in [-0.05, 0) is 43.6 Å². The molecule has 2 aliphatic carbocycles. The molecule has 2 N–H and O–H groups in total. The molecule has 3 rings (SSSR count). The predicted octanol–water partition coefficient (Wildman–Crippen LogP) is 2.66. The first kappa shape index (κ1) is 9.41. The molecule has 2 atom stereocenters. The van der Waals surface area contributed by atoms with E-state index in [1.807, 2.05) is 0 Å². The monoisotopic (exact) mass is 201 g/mol. The average molecular weight is 201 g/mol. The zero-order valence-electron chi connectivity index (χ0n) is 9.37. The molecule has 1 heteroatoms. The van der Waals surface area contributed by atoms with Crippen LogP contribution in [0.15, 0.2) is 24.3 Å². The normalized spacial score (nSPS) is 37.7. The van der Waals surface area contributed by atoms with Crippen molar-refractivity contribution in [3.05, 3.63) is 35.4 Å². The van der Waals surface area contributed by atoms with Gasteiger partial charge in [-0.3, -0.25) is 0 Å². The zero-order valence-corrected chi connectivity index (χ0v) is 9.37. The highest BCUT2D eigenvalue weighted by atomic mass is 14.9. The van der Waals surface area contributed by atoms with E-state index in [-0.39, 0.29) is 5.54 Å². The first-order valence-corrected chi connectivity index (χ1v) is 6.04. The number of benzene rings is 1. The van der Waals surface area contributed by atoms with E-state index in [1.54, 1.807) is 0 Å². The highest BCUT2D eigenvalue weighted by molar-refractivity contribution is 5.29. The summed E-state index contributed by atoms with van der Waals surface area (Å²) < 4.78 is 0. The Kier molecular flexibility index (Phi) is 1.93. The molecule has 0 aliphatic heterocycles. The van der Waals surface area contributed by atoms with Gasteiger partial charge in [0.1, 0.15) is 0 Å². The van der Waals surface area contributed by atoms with Crippen LogP contribution in [0.1, 0.15) is 30.4 Å². The third kappa shape index (κ3) is 1.41. The molecule has 1 aromatic carbocycles. The van der Waals surface area contributed by atoms with Gasteiger partial charge in [0, 0.05) is 5.54 Å². The molecule has 1 nitrogen and oxygen atoms in total. The van der Waals surface area contributed by atoms with Gasteiger partial charge in [0.25, 0.3) is 0 Å². The van der Waals surface area contributed by atoms with Crippen molar-refractivity contribution in [2.24, 2.45) is 17.6 Å². The molecular weight excluding hydrogens is 182 g/mol. The highest BCUT2D eigenvalue weighted by Gasteiger charge is 2.62. The summed E-state index contributed by atoms with van der Waals surface area (Å²) in [6.07, 6.45) is 5.23. The molecule has 0 heterocycles. The Hall–Kier alpha value is -0.820. The average Bonchev–Trinajstić information content (AvgIpc) is 2.67. The number of aryl methyl sites for hydroxylation is 1. The molecule has 0 aromatic heterocycles. The molecule has 0 radical (unpaired) electrons. The summed E-state index contributed by atoms with van der Waals surface area (Å²) in [4.78, 5) is 0. The summed E-state index contributed by atoms with van der Waals surface area (Å²) in [6.45, 7) is 2.13. The largest absolute Gasteiger partial charge is 0.324 e. The maximum Gasteiger partial charge on any atom is 0.0259 e. The molecule has 0 amide bonds. The Bertz CT molecular complexity index is 355. The van der Waals surface area contributed by atoms with Crippen LogP contribution in [0.2, 0.25) is 0 Å². The smallest absolute Gasteiger partial charge is 0.0259 e. The second-order valence-electron chi connectivity index (χ2n) is 5.42. The topological polar surface area (TPSA) is 26.0 Å². The number of hydrogen-bond donors (Lipinski definition) is 1. The number of nitrogens with two attached hydrogens (primary N) is 1. The number of hydrogen-bond acceptors (Lipinski definition) is 1. The lowest BCUT2D eigenvalue weighted by Gasteiger charge is -2.15. The summed E-state index contributed by atoms with van der Waals surface area (Å²) in [5.41, 5.74) is 9.37. The van der Waals surface area contributed by atoms with E-state index >= 15 is 0 Å². The molecule has 15 heavy (non-hydrogen) atoms.